The molecule has 2 aliphatic rings. The van der Waals surface area contributed by atoms with Gasteiger partial charge in [0, 0.05) is 19.1 Å². The highest BCUT2D eigenvalue weighted by molar-refractivity contribution is 7.89. The number of nitrogens with one attached hydrogen (secondary N) is 1. The van der Waals surface area contributed by atoms with Gasteiger partial charge in [0.25, 0.3) is 0 Å². The number of hydrogen-bond donors (Lipinski definition) is 1. The zero-order valence-corrected chi connectivity index (χ0v) is 19.3. The fourth-order valence-corrected chi connectivity index (χ4v) is 6.79. The second-order valence-corrected chi connectivity index (χ2v) is 11.8. The van der Waals surface area contributed by atoms with Crippen LogP contribution in [0.25, 0.3) is 0 Å². The molecule has 1 saturated heterocycles. The van der Waals surface area contributed by atoms with Crippen LogP contribution < -0.4 is 10.1 Å². The molecule has 30 heavy (non-hydrogen) atoms. The van der Waals surface area contributed by atoms with Crippen molar-refractivity contribution in [1.82, 2.24) is 9.62 Å². The summed E-state index contributed by atoms with van der Waals surface area (Å²) in [5.74, 6) is 0.475. The minimum absolute atomic E-state index is 0.177. The molecule has 1 amide bonds. The minimum Gasteiger partial charge on any atom is -0.490 e. The van der Waals surface area contributed by atoms with Crippen LogP contribution in [-0.4, -0.2) is 43.9 Å². The van der Waals surface area contributed by atoms with Crippen LogP contribution >= 0.6 is 0 Å². The predicted octanol–water partition coefficient (Wildman–Crippen LogP) is 3.74. The molecule has 1 aromatic rings. The maximum Gasteiger partial charge on any atom is 0.243 e. The van der Waals surface area contributed by atoms with Crippen molar-refractivity contribution in [3.8, 4) is 5.75 Å². The number of amides is 1. The van der Waals surface area contributed by atoms with Gasteiger partial charge in [0.15, 0.2) is 0 Å². The van der Waals surface area contributed by atoms with E-state index in [9.17, 15) is 13.2 Å². The number of hydrogen-bond acceptors (Lipinski definition) is 4. The summed E-state index contributed by atoms with van der Waals surface area (Å²) in [6.07, 6.45) is 5.98. The van der Waals surface area contributed by atoms with Crippen molar-refractivity contribution in [2.75, 3.05) is 13.1 Å². The number of rotatable bonds is 6. The molecule has 1 aliphatic carbocycles. The first-order valence-electron chi connectivity index (χ1n) is 10.7. The number of benzene rings is 1. The maximum atomic E-state index is 13.4. The van der Waals surface area contributed by atoms with Gasteiger partial charge in [0.1, 0.15) is 5.75 Å². The molecule has 3 rings (SSSR count). The molecule has 0 aromatic heterocycles. The smallest absolute Gasteiger partial charge is 0.243 e. The van der Waals surface area contributed by atoms with E-state index in [0.717, 1.165) is 12.8 Å². The highest BCUT2D eigenvalue weighted by atomic mass is 32.2. The number of piperidine rings is 1. The molecular formula is C23H34N2O4S. The van der Waals surface area contributed by atoms with E-state index in [1.807, 2.05) is 27.7 Å². The summed E-state index contributed by atoms with van der Waals surface area (Å²) in [5.41, 5.74) is -0.891. The van der Waals surface area contributed by atoms with Gasteiger partial charge in [-0.1, -0.05) is 34.3 Å². The Morgan fingerprint density at radius 2 is 1.63 bits per heavy atom. The van der Waals surface area contributed by atoms with Crippen LogP contribution in [0.15, 0.2) is 41.8 Å². The summed E-state index contributed by atoms with van der Waals surface area (Å²) >= 11 is 0. The fourth-order valence-electron chi connectivity index (χ4n) is 5.01. The Labute approximate surface area is 180 Å². The lowest BCUT2D eigenvalue weighted by Gasteiger charge is -2.52. The van der Waals surface area contributed by atoms with Crippen LogP contribution in [0.5, 0.6) is 5.75 Å². The predicted molar refractivity (Wildman–Crippen MR) is 118 cm³/mol. The lowest BCUT2D eigenvalue weighted by atomic mass is 9.67. The summed E-state index contributed by atoms with van der Waals surface area (Å²) in [6, 6.07) is 6.58. The zero-order chi connectivity index (χ0) is 22.2. The highest BCUT2D eigenvalue weighted by Crippen LogP contribution is 2.42. The van der Waals surface area contributed by atoms with Crippen LogP contribution in [0.1, 0.15) is 53.4 Å². The Morgan fingerprint density at radius 1 is 1.10 bits per heavy atom. The zero-order valence-electron chi connectivity index (χ0n) is 18.5. The Bertz CT molecular complexity index is 866. The average Bonchev–Trinajstić information content (AvgIpc) is 3.17. The average molecular weight is 435 g/mol. The van der Waals surface area contributed by atoms with Gasteiger partial charge in [-0.15, -0.1) is 0 Å². The largest absolute Gasteiger partial charge is 0.490 e. The summed E-state index contributed by atoms with van der Waals surface area (Å²) < 4.78 is 34.3. The topological polar surface area (TPSA) is 75.7 Å². The number of carbonyl (C=O) groups is 1. The normalized spacial score (nSPS) is 22.5. The Balaban J connectivity index is 1.79. The van der Waals surface area contributed by atoms with Gasteiger partial charge in [-0.2, -0.15) is 4.31 Å². The van der Waals surface area contributed by atoms with Crippen LogP contribution in [0.2, 0.25) is 0 Å². The van der Waals surface area contributed by atoms with Crippen molar-refractivity contribution in [3.63, 3.8) is 0 Å². The van der Waals surface area contributed by atoms with E-state index in [1.165, 1.54) is 23.2 Å². The van der Waals surface area contributed by atoms with Gasteiger partial charge in [-0.25, -0.2) is 8.42 Å². The standard InChI is InChI=1S/C23H34N2O4S/c1-6-20(26)24-21-22(2,3)15-25(16-23(21,4)5)30(27,28)19-13-11-18(12-14-19)29-17-9-7-8-10-17/h6,11-14,17,21H,1,7-10,15-16H2,2-5H3,(H,24,26). The Kier molecular flexibility index (Phi) is 6.35. The second kappa shape index (κ2) is 8.35. The van der Waals surface area contributed by atoms with E-state index in [1.54, 1.807) is 24.3 Å². The summed E-state index contributed by atoms with van der Waals surface area (Å²) in [5, 5.41) is 3.01. The lowest BCUT2D eigenvalue weighted by Crippen LogP contribution is -2.64. The maximum absolute atomic E-state index is 13.4. The van der Waals surface area contributed by atoms with Gasteiger partial charge in [-0.3, -0.25) is 4.79 Å². The van der Waals surface area contributed by atoms with E-state index in [0.29, 0.717) is 18.8 Å². The van der Waals surface area contributed by atoms with Crippen LogP contribution in [-0.2, 0) is 14.8 Å². The molecule has 6 nitrogen and oxygen atoms in total. The molecule has 1 saturated carbocycles. The molecule has 0 unspecified atom stereocenters. The van der Waals surface area contributed by atoms with Gasteiger partial charge in [0.2, 0.25) is 15.9 Å². The van der Waals surface area contributed by atoms with Crippen molar-refractivity contribution in [2.24, 2.45) is 10.8 Å². The van der Waals surface area contributed by atoms with Crippen molar-refractivity contribution < 1.29 is 17.9 Å². The molecule has 1 aromatic carbocycles. The lowest BCUT2D eigenvalue weighted by molar-refractivity contribution is -0.120. The first kappa shape index (κ1) is 22.8. The van der Waals surface area contributed by atoms with Crippen LogP contribution in [0.4, 0.5) is 0 Å². The molecule has 1 N–H and O–H groups in total. The quantitative estimate of drug-likeness (QED) is 0.692. The molecule has 7 heteroatoms. The third-order valence-corrected chi connectivity index (χ3v) is 8.08. The fraction of sp³-hybridized carbons (Fsp3) is 0.609. The second-order valence-electron chi connectivity index (χ2n) is 9.89. The number of ether oxygens (including phenoxy) is 1. The summed E-state index contributed by atoms with van der Waals surface area (Å²) in [6.45, 7) is 12.1. The molecule has 166 valence electrons. The van der Waals surface area contributed by atoms with Gasteiger partial charge < -0.3 is 10.1 Å². The first-order valence-corrected chi connectivity index (χ1v) is 12.1. The first-order chi connectivity index (χ1) is 14.0. The van der Waals surface area contributed by atoms with Gasteiger partial charge in [0.05, 0.1) is 11.0 Å². The van der Waals surface area contributed by atoms with Crippen LogP contribution in [0.3, 0.4) is 0 Å². The van der Waals surface area contributed by atoms with Crippen molar-refractivity contribution in [2.45, 2.75) is 70.4 Å². The Hall–Kier alpha value is -1.86. The molecule has 1 aliphatic heterocycles. The molecular weight excluding hydrogens is 400 g/mol. The molecule has 0 bridgehead atoms. The SMILES string of the molecule is C=CC(=O)NC1C(C)(C)CN(S(=O)(=O)c2ccc(OC3CCCC3)cc2)CC1(C)C. The molecule has 0 atom stereocenters. The molecule has 0 radical (unpaired) electrons. The minimum atomic E-state index is -3.66. The third-order valence-electron chi connectivity index (χ3n) is 6.27. The Morgan fingerprint density at radius 3 is 2.13 bits per heavy atom. The summed E-state index contributed by atoms with van der Waals surface area (Å²) in [7, 11) is -3.66. The molecule has 2 fully saturated rings. The van der Waals surface area contributed by atoms with Crippen LogP contribution in [0, 0.1) is 10.8 Å². The molecule has 0 spiro atoms. The van der Waals surface area contributed by atoms with E-state index in [-0.39, 0.29) is 22.9 Å². The highest BCUT2D eigenvalue weighted by Gasteiger charge is 2.50. The monoisotopic (exact) mass is 434 g/mol. The number of carbonyl (C=O) groups excluding carboxylic acids is 1. The third kappa shape index (κ3) is 4.72. The van der Waals surface area contributed by atoms with Crippen molar-refractivity contribution in [3.05, 3.63) is 36.9 Å². The van der Waals surface area contributed by atoms with Crippen molar-refractivity contribution >= 4 is 15.9 Å². The van der Waals surface area contributed by atoms with Crippen molar-refractivity contribution in [1.29, 1.82) is 0 Å². The van der Waals surface area contributed by atoms with Gasteiger partial charge in [-0.05, 0) is 66.9 Å². The van der Waals surface area contributed by atoms with E-state index in [2.05, 4.69) is 11.9 Å². The van der Waals surface area contributed by atoms with E-state index in [4.69, 9.17) is 4.74 Å². The number of nitrogens with zero attached hydrogens (tertiary/aromatic N) is 1. The number of sulfonamides is 1. The van der Waals surface area contributed by atoms with Gasteiger partial charge >= 0.3 is 0 Å². The van der Waals surface area contributed by atoms with E-state index >= 15 is 0 Å². The molecule has 1 heterocycles. The van der Waals surface area contributed by atoms with E-state index < -0.39 is 20.9 Å². The summed E-state index contributed by atoms with van der Waals surface area (Å²) in [4.78, 5) is 12.2.